The van der Waals surface area contributed by atoms with E-state index in [0.29, 0.717) is 18.7 Å². The molecule has 2 N–H and O–H groups in total. The van der Waals surface area contributed by atoms with Gasteiger partial charge in [-0.15, -0.1) is 11.3 Å². The van der Waals surface area contributed by atoms with Crippen LogP contribution < -0.4 is 10.6 Å². The van der Waals surface area contributed by atoms with Crippen molar-refractivity contribution in [3.8, 4) is 0 Å². The number of nitrogens with two attached hydrogens (primary N) is 1. The molecule has 0 aliphatic rings. The predicted octanol–water partition coefficient (Wildman–Crippen LogP) is 1.32. The third kappa shape index (κ3) is 2.72. The van der Waals surface area contributed by atoms with E-state index in [1.54, 1.807) is 41.9 Å². The summed E-state index contributed by atoms with van der Waals surface area (Å²) in [6.07, 6.45) is 4.01. The van der Waals surface area contributed by atoms with E-state index in [9.17, 15) is 4.79 Å². The van der Waals surface area contributed by atoms with Gasteiger partial charge in [0.25, 0.3) is 5.91 Å². The number of hydrogen-bond acceptors (Lipinski definition) is 5. The van der Waals surface area contributed by atoms with Gasteiger partial charge < -0.3 is 10.6 Å². The van der Waals surface area contributed by atoms with Crippen molar-refractivity contribution < 1.29 is 4.79 Å². The summed E-state index contributed by atoms with van der Waals surface area (Å²) in [6, 6.07) is 3.57. The van der Waals surface area contributed by atoms with E-state index in [1.807, 2.05) is 0 Å². The van der Waals surface area contributed by atoms with Crippen molar-refractivity contribution in [2.24, 2.45) is 5.73 Å². The maximum Gasteiger partial charge on any atom is 0.277 e. The molecule has 0 atom stereocenters. The summed E-state index contributed by atoms with van der Waals surface area (Å²) < 4.78 is 0. The van der Waals surface area contributed by atoms with Gasteiger partial charge in [0.15, 0.2) is 0 Å². The van der Waals surface area contributed by atoms with Crippen molar-refractivity contribution in [3.05, 3.63) is 40.6 Å². The van der Waals surface area contributed by atoms with Gasteiger partial charge in [-0.05, 0) is 18.7 Å². The van der Waals surface area contributed by atoms with Crippen LogP contribution in [-0.2, 0) is 6.42 Å². The van der Waals surface area contributed by atoms with Crippen molar-refractivity contribution in [2.75, 3.05) is 18.5 Å². The van der Waals surface area contributed by atoms with Crippen LogP contribution in [0.3, 0.4) is 0 Å². The minimum absolute atomic E-state index is 0.124. The van der Waals surface area contributed by atoms with Crippen LogP contribution in [0.2, 0.25) is 0 Å². The molecule has 2 rings (SSSR count). The Kier molecular flexibility index (Phi) is 4.01. The van der Waals surface area contributed by atoms with E-state index in [2.05, 4.69) is 9.97 Å². The molecule has 2 aromatic rings. The second-order valence-corrected chi connectivity index (χ2v) is 4.68. The number of hydrogen-bond donors (Lipinski definition) is 1. The molecule has 0 fully saturated rings. The van der Waals surface area contributed by atoms with Crippen LogP contribution in [0, 0.1) is 0 Å². The molecule has 2 aromatic heterocycles. The van der Waals surface area contributed by atoms with Gasteiger partial charge in [-0.1, -0.05) is 0 Å². The Morgan fingerprint density at radius 1 is 1.44 bits per heavy atom. The molecule has 0 radical (unpaired) electrons. The molecule has 1 amide bonds. The van der Waals surface area contributed by atoms with Gasteiger partial charge in [0.2, 0.25) is 0 Å². The maximum atomic E-state index is 12.2. The van der Waals surface area contributed by atoms with Crippen LogP contribution in [-0.4, -0.2) is 29.5 Å². The minimum Gasteiger partial charge on any atom is -0.330 e. The highest BCUT2D eigenvalue weighted by Crippen LogP contribution is 2.16. The van der Waals surface area contributed by atoms with Crippen LogP contribution in [0.1, 0.15) is 15.5 Å². The molecule has 0 unspecified atom stereocenters. The molecule has 0 bridgehead atoms. The first-order valence-corrected chi connectivity index (χ1v) is 6.43. The van der Waals surface area contributed by atoms with Crippen LogP contribution in [0.15, 0.2) is 29.9 Å². The lowest BCUT2D eigenvalue weighted by atomic mass is 10.3. The van der Waals surface area contributed by atoms with Crippen molar-refractivity contribution in [1.29, 1.82) is 0 Å². The Morgan fingerprint density at radius 3 is 2.83 bits per heavy atom. The highest BCUT2D eigenvalue weighted by Gasteiger charge is 2.16. The molecule has 0 aliphatic carbocycles. The van der Waals surface area contributed by atoms with Gasteiger partial charge >= 0.3 is 0 Å². The highest BCUT2D eigenvalue weighted by molar-refractivity contribution is 7.09. The van der Waals surface area contributed by atoms with Gasteiger partial charge in [0.05, 0.1) is 5.01 Å². The SMILES string of the molecule is CN(C(=O)c1csc(CCN)n1)c1ccncc1. The Balaban J connectivity index is 2.15. The number of carbonyl (C=O) groups is 1. The number of amides is 1. The van der Waals surface area contributed by atoms with Gasteiger partial charge in [-0.25, -0.2) is 4.98 Å². The number of rotatable bonds is 4. The number of nitrogens with zero attached hydrogens (tertiary/aromatic N) is 3. The number of thiazole rings is 1. The zero-order valence-corrected chi connectivity index (χ0v) is 10.9. The first-order chi connectivity index (χ1) is 8.72. The fourth-order valence-corrected chi connectivity index (χ4v) is 2.29. The smallest absolute Gasteiger partial charge is 0.277 e. The number of pyridine rings is 1. The Bertz CT molecular complexity index is 526. The van der Waals surface area contributed by atoms with Crippen molar-refractivity contribution in [3.63, 3.8) is 0 Å². The molecule has 2 heterocycles. The molecule has 0 aliphatic heterocycles. The van der Waals surface area contributed by atoms with Crippen molar-refractivity contribution in [2.45, 2.75) is 6.42 Å². The van der Waals surface area contributed by atoms with Gasteiger partial charge in [0.1, 0.15) is 5.69 Å². The van der Waals surface area contributed by atoms with Gasteiger partial charge in [-0.2, -0.15) is 0 Å². The molecule has 0 saturated heterocycles. The lowest BCUT2D eigenvalue weighted by molar-refractivity contribution is 0.0989. The first kappa shape index (κ1) is 12.7. The molecule has 0 spiro atoms. The van der Waals surface area contributed by atoms with E-state index >= 15 is 0 Å². The summed E-state index contributed by atoms with van der Waals surface area (Å²) in [5, 5.41) is 2.66. The molecule has 0 saturated carbocycles. The summed E-state index contributed by atoms with van der Waals surface area (Å²) >= 11 is 1.46. The number of aromatic nitrogens is 2. The summed E-state index contributed by atoms with van der Waals surface area (Å²) in [4.78, 5) is 21.9. The molecular formula is C12H14N4OS. The first-order valence-electron chi connectivity index (χ1n) is 5.55. The molecule has 6 heteroatoms. The maximum absolute atomic E-state index is 12.2. The van der Waals surface area contributed by atoms with E-state index in [1.165, 1.54) is 11.3 Å². The summed E-state index contributed by atoms with van der Waals surface area (Å²) in [5.41, 5.74) is 6.72. The fourth-order valence-electron chi connectivity index (χ4n) is 1.50. The summed E-state index contributed by atoms with van der Waals surface area (Å²) in [6.45, 7) is 0.543. The van der Waals surface area contributed by atoms with E-state index in [4.69, 9.17) is 5.73 Å². The largest absolute Gasteiger partial charge is 0.330 e. The average Bonchev–Trinajstić information content (AvgIpc) is 2.87. The van der Waals surface area contributed by atoms with Crippen LogP contribution in [0.5, 0.6) is 0 Å². The van der Waals surface area contributed by atoms with Gasteiger partial charge in [0, 0.05) is 36.9 Å². The molecule has 94 valence electrons. The second kappa shape index (κ2) is 5.70. The quantitative estimate of drug-likeness (QED) is 0.902. The Hall–Kier alpha value is -1.79. The summed E-state index contributed by atoms with van der Waals surface area (Å²) in [5.74, 6) is -0.124. The molecule has 5 nitrogen and oxygen atoms in total. The number of anilines is 1. The minimum atomic E-state index is -0.124. The predicted molar refractivity (Wildman–Crippen MR) is 71.8 cm³/mol. The van der Waals surface area contributed by atoms with Crippen LogP contribution >= 0.6 is 11.3 Å². The topological polar surface area (TPSA) is 72.1 Å². The monoisotopic (exact) mass is 262 g/mol. The zero-order chi connectivity index (χ0) is 13.0. The lowest BCUT2D eigenvalue weighted by Gasteiger charge is -2.15. The molecule has 18 heavy (non-hydrogen) atoms. The Morgan fingerprint density at radius 2 is 2.17 bits per heavy atom. The van der Waals surface area contributed by atoms with Crippen LogP contribution in [0.4, 0.5) is 5.69 Å². The lowest BCUT2D eigenvalue weighted by Crippen LogP contribution is -2.26. The fraction of sp³-hybridized carbons (Fsp3) is 0.250. The third-order valence-corrected chi connectivity index (χ3v) is 3.39. The molecular weight excluding hydrogens is 248 g/mol. The number of carbonyl (C=O) groups excluding carboxylic acids is 1. The van der Waals surface area contributed by atoms with Crippen molar-refractivity contribution in [1.82, 2.24) is 9.97 Å². The summed E-state index contributed by atoms with van der Waals surface area (Å²) in [7, 11) is 1.72. The average molecular weight is 262 g/mol. The van der Waals surface area contributed by atoms with Crippen LogP contribution in [0.25, 0.3) is 0 Å². The van der Waals surface area contributed by atoms with E-state index in [-0.39, 0.29) is 5.91 Å². The van der Waals surface area contributed by atoms with Gasteiger partial charge in [-0.3, -0.25) is 9.78 Å². The third-order valence-electron chi connectivity index (χ3n) is 2.48. The normalized spacial score (nSPS) is 10.3. The Labute approximate surface area is 109 Å². The zero-order valence-electron chi connectivity index (χ0n) is 10.0. The van der Waals surface area contributed by atoms with Crippen molar-refractivity contribution >= 4 is 22.9 Å². The molecule has 0 aromatic carbocycles. The highest BCUT2D eigenvalue weighted by atomic mass is 32.1. The van der Waals surface area contributed by atoms with E-state index < -0.39 is 0 Å². The standard InChI is InChI=1S/C12H14N4OS/c1-16(9-3-6-14-7-4-9)12(17)10-8-18-11(15-10)2-5-13/h3-4,6-8H,2,5,13H2,1H3. The second-order valence-electron chi connectivity index (χ2n) is 3.73. The van der Waals surface area contributed by atoms with E-state index in [0.717, 1.165) is 10.7 Å².